The van der Waals surface area contributed by atoms with Gasteiger partial charge >= 0.3 is 0 Å². The molecule has 1 nitrogen and oxygen atoms in total. The number of benzene rings is 1. The van der Waals surface area contributed by atoms with Crippen molar-refractivity contribution in [1.82, 2.24) is 5.32 Å². The monoisotopic (exact) mass is 237 g/mol. The molecule has 1 aromatic rings. The Balaban J connectivity index is 2.83. The van der Waals surface area contributed by atoms with E-state index < -0.39 is 0 Å². The van der Waals surface area contributed by atoms with Crippen LogP contribution in [-0.2, 0) is 5.41 Å². The zero-order chi connectivity index (χ0) is 12.2. The maximum atomic E-state index is 4.21. The number of hydrogen-bond donors (Lipinski definition) is 2. The van der Waals surface area contributed by atoms with Crippen molar-refractivity contribution < 1.29 is 0 Å². The number of hydrogen-bond acceptors (Lipinski definition) is 2. The molecule has 1 N–H and O–H groups in total. The summed E-state index contributed by atoms with van der Waals surface area (Å²) in [7, 11) is 0. The van der Waals surface area contributed by atoms with Crippen molar-refractivity contribution in [1.29, 1.82) is 0 Å². The highest BCUT2D eigenvalue weighted by molar-refractivity contribution is 7.80. The lowest BCUT2D eigenvalue weighted by molar-refractivity contribution is 0.476. The van der Waals surface area contributed by atoms with E-state index in [1.165, 1.54) is 16.7 Å². The second-order valence-corrected chi connectivity index (χ2v) is 5.55. The Morgan fingerprint density at radius 3 is 2.56 bits per heavy atom. The summed E-state index contributed by atoms with van der Waals surface area (Å²) in [4.78, 5) is 0. The fourth-order valence-corrected chi connectivity index (χ4v) is 2.20. The van der Waals surface area contributed by atoms with Crippen LogP contribution in [0.3, 0.4) is 0 Å². The van der Waals surface area contributed by atoms with Gasteiger partial charge in [0, 0.05) is 24.3 Å². The van der Waals surface area contributed by atoms with E-state index in [1.807, 2.05) is 0 Å². The third-order valence-electron chi connectivity index (χ3n) is 2.98. The van der Waals surface area contributed by atoms with Crippen molar-refractivity contribution in [2.24, 2.45) is 0 Å². The van der Waals surface area contributed by atoms with Gasteiger partial charge in [-0.25, -0.2) is 0 Å². The van der Waals surface area contributed by atoms with Crippen molar-refractivity contribution in [2.75, 3.05) is 18.8 Å². The van der Waals surface area contributed by atoms with Gasteiger partial charge in [0.1, 0.15) is 0 Å². The molecule has 16 heavy (non-hydrogen) atoms. The molecular weight excluding hydrogens is 214 g/mol. The Hall–Kier alpha value is -0.470. The molecule has 0 radical (unpaired) electrons. The van der Waals surface area contributed by atoms with Gasteiger partial charge in [0.15, 0.2) is 0 Å². The zero-order valence-corrected chi connectivity index (χ0v) is 11.7. The predicted octanol–water partition coefficient (Wildman–Crippen LogP) is 3.10. The lowest BCUT2D eigenvalue weighted by Crippen LogP contribution is -2.34. The van der Waals surface area contributed by atoms with Crippen molar-refractivity contribution in [2.45, 2.75) is 33.1 Å². The highest BCUT2D eigenvalue weighted by Crippen LogP contribution is 2.26. The lowest BCUT2D eigenvalue weighted by atomic mass is 9.81. The maximum Gasteiger partial charge on any atom is 0.00436 e. The molecule has 0 fully saturated rings. The summed E-state index contributed by atoms with van der Waals surface area (Å²) >= 11 is 4.21. The molecular formula is C14H23NS. The molecule has 2 heteroatoms. The molecule has 0 aromatic heterocycles. The number of rotatable bonds is 5. The quantitative estimate of drug-likeness (QED) is 0.592. The second kappa shape index (κ2) is 5.74. The van der Waals surface area contributed by atoms with E-state index in [2.05, 4.69) is 63.8 Å². The molecule has 1 aromatic carbocycles. The normalized spacial score (nSPS) is 11.8. The van der Waals surface area contributed by atoms with E-state index in [9.17, 15) is 0 Å². The standard InChI is InChI=1S/C14H23NS/c1-11-5-6-12(2)13(9-11)14(3,4)10-15-7-8-16/h5-6,9,15-16H,7-8,10H2,1-4H3. The average molecular weight is 237 g/mol. The van der Waals surface area contributed by atoms with Crippen LogP contribution in [-0.4, -0.2) is 18.8 Å². The minimum absolute atomic E-state index is 0.180. The van der Waals surface area contributed by atoms with Crippen LogP contribution in [0.2, 0.25) is 0 Å². The fraction of sp³-hybridized carbons (Fsp3) is 0.571. The van der Waals surface area contributed by atoms with Crippen LogP contribution in [0.5, 0.6) is 0 Å². The van der Waals surface area contributed by atoms with Crippen LogP contribution in [0.1, 0.15) is 30.5 Å². The van der Waals surface area contributed by atoms with Crippen LogP contribution in [0.25, 0.3) is 0 Å². The van der Waals surface area contributed by atoms with Crippen LogP contribution in [0, 0.1) is 13.8 Å². The van der Waals surface area contributed by atoms with Crippen molar-refractivity contribution in [3.05, 3.63) is 34.9 Å². The minimum Gasteiger partial charge on any atom is -0.315 e. The van der Waals surface area contributed by atoms with Gasteiger partial charge in [0.05, 0.1) is 0 Å². The smallest absolute Gasteiger partial charge is 0.00436 e. The summed E-state index contributed by atoms with van der Waals surface area (Å²) in [5.74, 6) is 0.892. The molecule has 0 amide bonds. The maximum absolute atomic E-state index is 4.21. The van der Waals surface area contributed by atoms with Crippen LogP contribution in [0.4, 0.5) is 0 Å². The molecule has 0 saturated heterocycles. The van der Waals surface area contributed by atoms with Crippen LogP contribution < -0.4 is 5.32 Å². The molecule has 0 atom stereocenters. The number of aryl methyl sites for hydroxylation is 2. The number of nitrogens with one attached hydrogen (secondary N) is 1. The van der Waals surface area contributed by atoms with Crippen molar-refractivity contribution in [3.8, 4) is 0 Å². The summed E-state index contributed by atoms with van der Waals surface area (Å²) in [5, 5.41) is 3.44. The van der Waals surface area contributed by atoms with E-state index in [1.54, 1.807) is 0 Å². The van der Waals surface area contributed by atoms with E-state index in [0.717, 1.165) is 18.8 Å². The van der Waals surface area contributed by atoms with Gasteiger partial charge in [0.25, 0.3) is 0 Å². The molecule has 1 rings (SSSR count). The minimum atomic E-state index is 0.180. The van der Waals surface area contributed by atoms with E-state index in [0.29, 0.717) is 0 Å². The van der Waals surface area contributed by atoms with E-state index in [4.69, 9.17) is 0 Å². The Bertz CT molecular complexity index is 345. The first kappa shape index (κ1) is 13.6. The molecule has 0 aliphatic heterocycles. The molecule has 0 saturated carbocycles. The molecule has 0 bridgehead atoms. The predicted molar refractivity (Wildman–Crippen MR) is 75.7 cm³/mol. The first-order valence-corrected chi connectivity index (χ1v) is 6.50. The summed E-state index contributed by atoms with van der Waals surface area (Å²) in [6.07, 6.45) is 0. The van der Waals surface area contributed by atoms with Gasteiger partial charge in [-0.1, -0.05) is 37.6 Å². The zero-order valence-electron chi connectivity index (χ0n) is 10.8. The van der Waals surface area contributed by atoms with E-state index >= 15 is 0 Å². The molecule has 0 spiro atoms. The summed E-state index contributed by atoms with van der Waals surface area (Å²) in [6.45, 7) is 10.9. The Labute approximate surface area is 105 Å². The molecule has 0 heterocycles. The van der Waals surface area contributed by atoms with Gasteiger partial charge in [-0.2, -0.15) is 12.6 Å². The van der Waals surface area contributed by atoms with Gasteiger partial charge in [-0.05, 0) is 25.0 Å². The first-order chi connectivity index (χ1) is 7.47. The lowest BCUT2D eigenvalue weighted by Gasteiger charge is -2.28. The fourth-order valence-electron chi connectivity index (χ4n) is 2.04. The molecule has 0 unspecified atom stereocenters. The third kappa shape index (κ3) is 3.53. The first-order valence-electron chi connectivity index (χ1n) is 5.86. The number of thiol groups is 1. The van der Waals surface area contributed by atoms with Gasteiger partial charge in [0.2, 0.25) is 0 Å². The highest BCUT2D eigenvalue weighted by atomic mass is 32.1. The van der Waals surface area contributed by atoms with Gasteiger partial charge < -0.3 is 5.32 Å². The highest BCUT2D eigenvalue weighted by Gasteiger charge is 2.21. The Morgan fingerprint density at radius 2 is 1.94 bits per heavy atom. The summed E-state index contributed by atoms with van der Waals surface area (Å²) < 4.78 is 0. The molecule has 0 aliphatic rings. The van der Waals surface area contributed by atoms with Crippen LogP contribution >= 0.6 is 12.6 Å². The third-order valence-corrected chi connectivity index (χ3v) is 3.20. The summed E-state index contributed by atoms with van der Waals surface area (Å²) in [5.41, 5.74) is 4.34. The van der Waals surface area contributed by atoms with Crippen molar-refractivity contribution >= 4 is 12.6 Å². The average Bonchev–Trinajstić information content (AvgIpc) is 2.22. The van der Waals surface area contributed by atoms with Crippen molar-refractivity contribution in [3.63, 3.8) is 0 Å². The SMILES string of the molecule is Cc1ccc(C)c(C(C)(C)CNCCS)c1. The van der Waals surface area contributed by atoms with Crippen LogP contribution in [0.15, 0.2) is 18.2 Å². The molecule has 0 aliphatic carbocycles. The topological polar surface area (TPSA) is 12.0 Å². The van der Waals surface area contributed by atoms with Gasteiger partial charge in [-0.3, -0.25) is 0 Å². The Morgan fingerprint density at radius 1 is 1.25 bits per heavy atom. The van der Waals surface area contributed by atoms with E-state index in [-0.39, 0.29) is 5.41 Å². The Kier molecular flexibility index (Phi) is 4.88. The summed E-state index contributed by atoms with van der Waals surface area (Å²) in [6, 6.07) is 6.69. The molecule has 90 valence electrons. The van der Waals surface area contributed by atoms with Gasteiger partial charge in [-0.15, -0.1) is 0 Å². The second-order valence-electron chi connectivity index (χ2n) is 5.10. The largest absolute Gasteiger partial charge is 0.315 e.